The molecule has 0 aromatic heterocycles. The molecule has 0 aliphatic rings. The number of rotatable bonds is 8. The first kappa shape index (κ1) is 23.2. The molecule has 0 radical (unpaired) electrons. The highest BCUT2D eigenvalue weighted by Crippen LogP contribution is 2.37. The van der Waals surface area contributed by atoms with Gasteiger partial charge in [-0.05, 0) is 72.0 Å². The first-order valence-electron chi connectivity index (χ1n) is 10.5. The molecule has 0 atom stereocenters. The van der Waals surface area contributed by atoms with Crippen molar-refractivity contribution in [3.63, 3.8) is 0 Å². The van der Waals surface area contributed by atoms with Crippen LogP contribution in [0.25, 0.3) is 5.57 Å². The van der Waals surface area contributed by atoms with Crippen LogP contribution in [0.2, 0.25) is 5.02 Å². The zero-order valence-electron chi connectivity index (χ0n) is 18.3. The van der Waals surface area contributed by atoms with Gasteiger partial charge in [0.15, 0.2) is 0 Å². The molecule has 0 saturated carbocycles. The molecule has 0 heterocycles. The number of carbonyl (C=O) groups is 1. The van der Waals surface area contributed by atoms with Crippen molar-refractivity contribution in [1.29, 1.82) is 0 Å². The first-order valence-corrected chi connectivity index (χ1v) is 11.7. The van der Waals surface area contributed by atoms with E-state index in [1.165, 1.54) is 0 Å². The molecule has 0 bridgehead atoms. The molecule has 160 valence electrons. The maximum Gasteiger partial charge on any atom is 0.253 e. The molecule has 3 rings (SSSR count). The van der Waals surface area contributed by atoms with Gasteiger partial charge in [-0.3, -0.25) is 4.79 Å². The molecule has 0 aliphatic carbocycles. The van der Waals surface area contributed by atoms with E-state index in [9.17, 15) is 4.79 Å². The SMILES string of the molecule is C=C(c1ccc(Cl)cc1)c1ccccc1Sc1ccc(C(=O)N(C)CCCC)cc1C. The second-order valence-electron chi connectivity index (χ2n) is 7.64. The van der Waals surface area contributed by atoms with E-state index < -0.39 is 0 Å². The molecular weight excluding hydrogens is 422 g/mol. The molecule has 3 aromatic carbocycles. The minimum absolute atomic E-state index is 0.0737. The molecule has 2 nitrogen and oxygen atoms in total. The van der Waals surface area contributed by atoms with Gasteiger partial charge in [0, 0.05) is 34.0 Å². The van der Waals surface area contributed by atoms with Crippen LogP contribution in [0.3, 0.4) is 0 Å². The molecule has 3 aromatic rings. The summed E-state index contributed by atoms with van der Waals surface area (Å²) in [5.41, 5.74) is 4.92. The van der Waals surface area contributed by atoms with E-state index in [0.717, 1.165) is 57.0 Å². The van der Waals surface area contributed by atoms with Crippen LogP contribution < -0.4 is 0 Å². The van der Waals surface area contributed by atoms with Crippen molar-refractivity contribution in [2.24, 2.45) is 0 Å². The largest absolute Gasteiger partial charge is 0.342 e. The van der Waals surface area contributed by atoms with Crippen LogP contribution >= 0.6 is 23.4 Å². The lowest BCUT2D eigenvalue weighted by Gasteiger charge is -2.18. The molecule has 4 heteroatoms. The van der Waals surface area contributed by atoms with Gasteiger partial charge < -0.3 is 4.90 Å². The summed E-state index contributed by atoms with van der Waals surface area (Å²) in [4.78, 5) is 16.8. The van der Waals surface area contributed by atoms with Crippen LogP contribution in [0.1, 0.15) is 46.8 Å². The lowest BCUT2D eigenvalue weighted by molar-refractivity contribution is 0.0793. The molecule has 0 fully saturated rings. The maximum absolute atomic E-state index is 12.7. The van der Waals surface area contributed by atoms with Gasteiger partial charge in [0.2, 0.25) is 0 Å². The van der Waals surface area contributed by atoms with Gasteiger partial charge in [-0.25, -0.2) is 0 Å². The Morgan fingerprint density at radius 1 is 1.00 bits per heavy atom. The predicted molar refractivity (Wildman–Crippen MR) is 133 cm³/mol. The Morgan fingerprint density at radius 3 is 2.35 bits per heavy atom. The molecule has 31 heavy (non-hydrogen) atoms. The van der Waals surface area contributed by atoms with Crippen molar-refractivity contribution >= 4 is 34.8 Å². The summed E-state index contributed by atoms with van der Waals surface area (Å²) in [6.45, 7) is 9.30. The number of benzene rings is 3. The van der Waals surface area contributed by atoms with Gasteiger partial charge in [0.25, 0.3) is 5.91 Å². The Labute approximate surface area is 194 Å². The standard InChI is InChI=1S/C27H28ClNOS/c1-5-6-17-29(4)27(30)22-13-16-25(19(2)18-22)31-26-10-8-7-9-24(26)20(3)21-11-14-23(28)15-12-21/h7-16,18H,3,5-6,17H2,1-2,4H3. The molecule has 0 saturated heterocycles. The monoisotopic (exact) mass is 449 g/mol. The number of carbonyl (C=O) groups excluding carboxylic acids is 1. The number of nitrogens with zero attached hydrogens (tertiary/aromatic N) is 1. The summed E-state index contributed by atoms with van der Waals surface area (Å²) in [5.74, 6) is 0.0737. The fourth-order valence-electron chi connectivity index (χ4n) is 3.34. The van der Waals surface area contributed by atoms with Crippen LogP contribution in [0.15, 0.2) is 83.1 Å². The average Bonchev–Trinajstić information content (AvgIpc) is 2.78. The molecule has 0 N–H and O–H groups in total. The van der Waals surface area contributed by atoms with E-state index >= 15 is 0 Å². The van der Waals surface area contributed by atoms with Gasteiger partial charge in [-0.15, -0.1) is 0 Å². The minimum atomic E-state index is 0.0737. The third-order valence-corrected chi connectivity index (χ3v) is 6.75. The third-order valence-electron chi connectivity index (χ3n) is 5.24. The lowest BCUT2D eigenvalue weighted by Crippen LogP contribution is -2.27. The Bertz CT molecular complexity index is 1070. The predicted octanol–water partition coefficient (Wildman–Crippen LogP) is 7.73. The summed E-state index contributed by atoms with van der Waals surface area (Å²) in [6.07, 6.45) is 2.09. The molecule has 1 amide bonds. The Hall–Kier alpha value is -2.49. The fraction of sp³-hybridized carbons (Fsp3) is 0.222. The van der Waals surface area contributed by atoms with Gasteiger partial charge in [0.1, 0.15) is 0 Å². The quantitative estimate of drug-likeness (QED) is 0.350. The van der Waals surface area contributed by atoms with E-state index in [0.29, 0.717) is 5.02 Å². The lowest BCUT2D eigenvalue weighted by atomic mass is 10.00. The van der Waals surface area contributed by atoms with Crippen LogP contribution in [0, 0.1) is 6.92 Å². The average molecular weight is 450 g/mol. The number of amides is 1. The second kappa shape index (κ2) is 10.7. The molecule has 0 unspecified atom stereocenters. The van der Waals surface area contributed by atoms with Crippen molar-refractivity contribution in [3.05, 3.63) is 101 Å². The summed E-state index contributed by atoms with van der Waals surface area (Å²) < 4.78 is 0. The van der Waals surface area contributed by atoms with Crippen LogP contribution in [0.4, 0.5) is 0 Å². The number of hydrogen-bond donors (Lipinski definition) is 0. The van der Waals surface area contributed by atoms with Gasteiger partial charge in [0.05, 0.1) is 0 Å². The summed E-state index contributed by atoms with van der Waals surface area (Å²) in [6, 6.07) is 22.0. The van der Waals surface area contributed by atoms with E-state index in [4.69, 9.17) is 11.6 Å². The topological polar surface area (TPSA) is 20.3 Å². The number of hydrogen-bond acceptors (Lipinski definition) is 2. The molecule has 0 spiro atoms. The Balaban J connectivity index is 1.83. The van der Waals surface area contributed by atoms with Gasteiger partial charge in [-0.1, -0.05) is 73.6 Å². The van der Waals surface area contributed by atoms with Crippen molar-refractivity contribution in [3.8, 4) is 0 Å². The summed E-state index contributed by atoms with van der Waals surface area (Å²) in [5, 5.41) is 0.713. The van der Waals surface area contributed by atoms with Crippen LogP contribution in [-0.2, 0) is 0 Å². The highest BCUT2D eigenvalue weighted by Gasteiger charge is 2.14. The zero-order valence-corrected chi connectivity index (χ0v) is 19.9. The van der Waals surface area contributed by atoms with Crippen LogP contribution in [-0.4, -0.2) is 24.4 Å². The minimum Gasteiger partial charge on any atom is -0.342 e. The zero-order chi connectivity index (χ0) is 22.4. The van der Waals surface area contributed by atoms with E-state index in [1.807, 2.05) is 61.6 Å². The first-order chi connectivity index (χ1) is 14.9. The van der Waals surface area contributed by atoms with Crippen molar-refractivity contribution in [2.75, 3.05) is 13.6 Å². The van der Waals surface area contributed by atoms with Gasteiger partial charge in [-0.2, -0.15) is 0 Å². The third kappa shape index (κ3) is 5.81. The van der Waals surface area contributed by atoms with Crippen molar-refractivity contribution < 1.29 is 4.79 Å². The van der Waals surface area contributed by atoms with Crippen LogP contribution in [0.5, 0.6) is 0 Å². The van der Waals surface area contributed by atoms with E-state index in [-0.39, 0.29) is 5.91 Å². The Kier molecular flexibility index (Phi) is 8.00. The Morgan fingerprint density at radius 2 is 1.68 bits per heavy atom. The number of aryl methyl sites for hydroxylation is 1. The number of halogens is 1. The van der Waals surface area contributed by atoms with E-state index in [1.54, 1.807) is 16.7 Å². The fourth-order valence-corrected chi connectivity index (χ4v) is 4.51. The number of unbranched alkanes of at least 4 members (excludes halogenated alkanes) is 1. The summed E-state index contributed by atoms with van der Waals surface area (Å²) >= 11 is 7.73. The maximum atomic E-state index is 12.7. The van der Waals surface area contributed by atoms with Crippen molar-refractivity contribution in [1.82, 2.24) is 4.90 Å². The second-order valence-corrected chi connectivity index (χ2v) is 9.16. The van der Waals surface area contributed by atoms with Gasteiger partial charge >= 0.3 is 0 Å². The molecular formula is C27H28ClNOS. The summed E-state index contributed by atoms with van der Waals surface area (Å²) in [7, 11) is 1.87. The van der Waals surface area contributed by atoms with E-state index in [2.05, 4.69) is 32.6 Å². The van der Waals surface area contributed by atoms with Crippen molar-refractivity contribution in [2.45, 2.75) is 36.5 Å². The normalized spacial score (nSPS) is 10.7. The molecule has 0 aliphatic heterocycles. The highest BCUT2D eigenvalue weighted by molar-refractivity contribution is 7.99. The smallest absolute Gasteiger partial charge is 0.253 e. The highest BCUT2D eigenvalue weighted by atomic mass is 35.5.